The van der Waals surface area contributed by atoms with Crippen molar-refractivity contribution in [2.75, 3.05) is 32.7 Å². The summed E-state index contributed by atoms with van der Waals surface area (Å²) in [7, 11) is 0. The van der Waals surface area contributed by atoms with Crippen LogP contribution in [0.2, 0.25) is 0 Å². The van der Waals surface area contributed by atoms with Crippen LogP contribution in [0.15, 0.2) is 0 Å². The molecule has 1 heterocycles. The number of hydrogen-bond acceptors (Lipinski definition) is 2. The highest BCUT2D eigenvalue weighted by molar-refractivity contribution is 4.74. The first-order chi connectivity index (χ1) is 7.58. The molecule has 96 valence electrons. The first-order valence-electron chi connectivity index (χ1n) is 7.01. The minimum absolute atomic E-state index is 0.822. The lowest BCUT2D eigenvalue weighted by atomic mass is 9.92. The summed E-state index contributed by atoms with van der Waals surface area (Å²) >= 11 is 0. The normalized spacial score (nSPS) is 27.6. The predicted molar refractivity (Wildman–Crippen MR) is 71.7 cm³/mol. The van der Waals surface area contributed by atoms with Gasteiger partial charge in [-0.3, -0.25) is 0 Å². The van der Waals surface area contributed by atoms with E-state index in [0.29, 0.717) is 0 Å². The van der Waals surface area contributed by atoms with Crippen molar-refractivity contribution < 1.29 is 0 Å². The number of piperidine rings is 1. The van der Waals surface area contributed by atoms with E-state index < -0.39 is 0 Å². The lowest BCUT2D eigenvalue weighted by molar-refractivity contribution is 0.142. The zero-order chi connectivity index (χ0) is 12.0. The third kappa shape index (κ3) is 5.86. The van der Waals surface area contributed by atoms with Crippen LogP contribution in [-0.4, -0.2) is 37.6 Å². The molecule has 2 unspecified atom stereocenters. The van der Waals surface area contributed by atoms with Crippen LogP contribution < -0.4 is 5.32 Å². The molecular formula is C14H30N2. The van der Waals surface area contributed by atoms with Crippen LogP contribution in [0.4, 0.5) is 0 Å². The highest BCUT2D eigenvalue weighted by Crippen LogP contribution is 2.20. The summed E-state index contributed by atoms with van der Waals surface area (Å²) < 4.78 is 0. The largest absolute Gasteiger partial charge is 0.315 e. The molecule has 0 saturated carbocycles. The first kappa shape index (κ1) is 14.0. The van der Waals surface area contributed by atoms with Crippen molar-refractivity contribution in [2.24, 2.45) is 17.8 Å². The van der Waals surface area contributed by atoms with Crippen molar-refractivity contribution in [3.8, 4) is 0 Å². The van der Waals surface area contributed by atoms with Crippen molar-refractivity contribution in [3.05, 3.63) is 0 Å². The van der Waals surface area contributed by atoms with Crippen LogP contribution >= 0.6 is 0 Å². The molecule has 2 nitrogen and oxygen atoms in total. The lowest BCUT2D eigenvalue weighted by Gasteiger charge is -2.35. The molecule has 1 N–H and O–H groups in total. The van der Waals surface area contributed by atoms with E-state index in [1.165, 1.54) is 39.0 Å². The second kappa shape index (κ2) is 7.29. The summed E-state index contributed by atoms with van der Waals surface area (Å²) in [5.74, 6) is 2.60. The van der Waals surface area contributed by atoms with Gasteiger partial charge in [0, 0.05) is 26.2 Å². The van der Waals surface area contributed by atoms with Gasteiger partial charge in [0.2, 0.25) is 0 Å². The maximum atomic E-state index is 3.55. The average molecular weight is 226 g/mol. The fourth-order valence-electron chi connectivity index (χ4n) is 2.73. The highest BCUT2D eigenvalue weighted by atomic mass is 15.1. The Morgan fingerprint density at radius 3 is 2.31 bits per heavy atom. The number of nitrogens with zero attached hydrogens (tertiary/aromatic N) is 1. The summed E-state index contributed by atoms with van der Waals surface area (Å²) in [5, 5.41) is 3.55. The molecule has 1 fully saturated rings. The number of nitrogens with one attached hydrogen (secondary N) is 1. The molecule has 0 aromatic rings. The molecule has 0 bridgehead atoms. The molecule has 2 heteroatoms. The zero-order valence-electron chi connectivity index (χ0n) is 11.6. The molecule has 2 atom stereocenters. The maximum Gasteiger partial charge on any atom is 0.0107 e. The van der Waals surface area contributed by atoms with E-state index in [0.717, 1.165) is 24.3 Å². The van der Waals surface area contributed by atoms with Crippen LogP contribution in [0.1, 0.15) is 40.5 Å². The monoisotopic (exact) mass is 226 g/mol. The zero-order valence-corrected chi connectivity index (χ0v) is 11.6. The highest BCUT2D eigenvalue weighted by Gasteiger charge is 2.20. The van der Waals surface area contributed by atoms with E-state index in [1.807, 2.05) is 0 Å². The molecule has 1 saturated heterocycles. The Hall–Kier alpha value is -0.0800. The Balaban J connectivity index is 2.04. The summed E-state index contributed by atoms with van der Waals surface area (Å²) in [6, 6.07) is 0. The summed E-state index contributed by atoms with van der Waals surface area (Å²) in [6.07, 6.45) is 2.71. The predicted octanol–water partition coefficient (Wildman–Crippen LogP) is 2.60. The molecule has 0 amide bonds. The van der Waals surface area contributed by atoms with Gasteiger partial charge in [-0.05, 0) is 37.1 Å². The SMILES string of the molecule is CC(C)CCNCCN1CC(C)CC(C)C1. The molecule has 0 aromatic carbocycles. The third-order valence-corrected chi connectivity index (χ3v) is 3.45. The minimum atomic E-state index is 0.822. The molecule has 16 heavy (non-hydrogen) atoms. The average Bonchev–Trinajstić information content (AvgIpc) is 2.15. The van der Waals surface area contributed by atoms with Crippen molar-refractivity contribution >= 4 is 0 Å². The van der Waals surface area contributed by atoms with Gasteiger partial charge in [-0.1, -0.05) is 27.7 Å². The Kier molecular flexibility index (Phi) is 6.37. The van der Waals surface area contributed by atoms with E-state index in [1.54, 1.807) is 0 Å². The Bertz CT molecular complexity index is 170. The lowest BCUT2D eigenvalue weighted by Crippen LogP contribution is -2.42. The standard InChI is InChI=1S/C14H30N2/c1-12(2)5-6-15-7-8-16-10-13(3)9-14(4)11-16/h12-15H,5-11H2,1-4H3. The van der Waals surface area contributed by atoms with E-state index in [2.05, 4.69) is 37.9 Å². The van der Waals surface area contributed by atoms with Gasteiger partial charge in [0.15, 0.2) is 0 Å². The van der Waals surface area contributed by atoms with Crippen LogP contribution in [0.3, 0.4) is 0 Å². The van der Waals surface area contributed by atoms with E-state index in [9.17, 15) is 0 Å². The maximum absolute atomic E-state index is 3.55. The molecular weight excluding hydrogens is 196 g/mol. The third-order valence-electron chi connectivity index (χ3n) is 3.45. The molecule has 1 aliphatic heterocycles. The number of hydrogen-bond donors (Lipinski definition) is 1. The Labute approximate surface area is 102 Å². The molecule has 1 aliphatic rings. The first-order valence-corrected chi connectivity index (χ1v) is 7.01. The fourth-order valence-corrected chi connectivity index (χ4v) is 2.73. The van der Waals surface area contributed by atoms with Crippen molar-refractivity contribution in [2.45, 2.75) is 40.5 Å². The van der Waals surface area contributed by atoms with E-state index in [-0.39, 0.29) is 0 Å². The second-order valence-electron chi connectivity index (χ2n) is 6.14. The Morgan fingerprint density at radius 2 is 1.75 bits per heavy atom. The van der Waals surface area contributed by atoms with Gasteiger partial charge in [0.05, 0.1) is 0 Å². The van der Waals surface area contributed by atoms with Gasteiger partial charge < -0.3 is 10.2 Å². The van der Waals surface area contributed by atoms with E-state index in [4.69, 9.17) is 0 Å². The van der Waals surface area contributed by atoms with Crippen molar-refractivity contribution in [1.29, 1.82) is 0 Å². The smallest absolute Gasteiger partial charge is 0.0107 e. The molecule has 0 aliphatic carbocycles. The number of rotatable bonds is 6. The van der Waals surface area contributed by atoms with E-state index >= 15 is 0 Å². The summed E-state index contributed by atoms with van der Waals surface area (Å²) in [6.45, 7) is 15.5. The summed E-state index contributed by atoms with van der Waals surface area (Å²) in [4.78, 5) is 2.63. The quantitative estimate of drug-likeness (QED) is 0.700. The van der Waals surface area contributed by atoms with Gasteiger partial charge in [0.25, 0.3) is 0 Å². The Morgan fingerprint density at radius 1 is 1.12 bits per heavy atom. The minimum Gasteiger partial charge on any atom is -0.315 e. The van der Waals surface area contributed by atoms with Crippen molar-refractivity contribution in [3.63, 3.8) is 0 Å². The second-order valence-corrected chi connectivity index (χ2v) is 6.14. The van der Waals surface area contributed by atoms with Gasteiger partial charge in [-0.15, -0.1) is 0 Å². The van der Waals surface area contributed by atoms with Gasteiger partial charge in [-0.2, -0.15) is 0 Å². The molecule has 0 aromatic heterocycles. The molecule has 0 radical (unpaired) electrons. The fraction of sp³-hybridized carbons (Fsp3) is 1.00. The van der Waals surface area contributed by atoms with Gasteiger partial charge >= 0.3 is 0 Å². The molecule has 1 rings (SSSR count). The number of likely N-dealkylation sites (tertiary alicyclic amines) is 1. The van der Waals surface area contributed by atoms with Crippen LogP contribution in [0.25, 0.3) is 0 Å². The summed E-state index contributed by atoms with van der Waals surface area (Å²) in [5.41, 5.74) is 0. The van der Waals surface area contributed by atoms with Crippen LogP contribution in [-0.2, 0) is 0 Å². The van der Waals surface area contributed by atoms with Crippen LogP contribution in [0, 0.1) is 17.8 Å². The topological polar surface area (TPSA) is 15.3 Å². The molecule has 0 spiro atoms. The van der Waals surface area contributed by atoms with Gasteiger partial charge in [-0.25, -0.2) is 0 Å². The van der Waals surface area contributed by atoms with Crippen LogP contribution in [0.5, 0.6) is 0 Å². The van der Waals surface area contributed by atoms with Crippen molar-refractivity contribution in [1.82, 2.24) is 10.2 Å². The van der Waals surface area contributed by atoms with Gasteiger partial charge in [0.1, 0.15) is 0 Å².